The molecule has 0 saturated carbocycles. The average molecular weight is 449 g/mol. The first-order chi connectivity index (χ1) is 15.8. The topological polar surface area (TPSA) is 144 Å². The summed E-state index contributed by atoms with van der Waals surface area (Å²) in [5, 5.41) is 36.4. The molecule has 1 aromatic heterocycles. The van der Waals surface area contributed by atoms with Crippen molar-refractivity contribution in [2.75, 3.05) is 25.0 Å². The maximum atomic E-state index is 13.4. The molecule has 0 spiro atoms. The molecular weight excluding hydrogens is 423 g/mol. The Bertz CT molecular complexity index is 1130. The third kappa shape index (κ3) is 5.03. The SMILES string of the molecule is CC(=O)NC(=N)c1ccc(-c2ccc(F)nc2)c(N2CCC(C(=N)N(C)C=N)CC2)c1C#N. The van der Waals surface area contributed by atoms with Crippen LogP contribution in [0.15, 0.2) is 30.5 Å². The number of benzene rings is 1. The van der Waals surface area contributed by atoms with Gasteiger partial charge in [0, 0.05) is 55.9 Å². The number of piperidine rings is 1. The van der Waals surface area contributed by atoms with Gasteiger partial charge in [0.1, 0.15) is 17.7 Å². The van der Waals surface area contributed by atoms with E-state index in [9.17, 15) is 14.4 Å². The van der Waals surface area contributed by atoms with Crippen LogP contribution in [0.4, 0.5) is 10.1 Å². The van der Waals surface area contributed by atoms with Gasteiger partial charge in [0.15, 0.2) is 0 Å². The van der Waals surface area contributed by atoms with Crippen molar-refractivity contribution in [3.63, 3.8) is 0 Å². The molecule has 3 rings (SSSR count). The summed E-state index contributed by atoms with van der Waals surface area (Å²) >= 11 is 0. The molecule has 0 unspecified atom stereocenters. The van der Waals surface area contributed by atoms with Crippen LogP contribution in [0.2, 0.25) is 0 Å². The maximum absolute atomic E-state index is 13.4. The van der Waals surface area contributed by atoms with E-state index < -0.39 is 11.9 Å². The van der Waals surface area contributed by atoms with Gasteiger partial charge in [-0.25, -0.2) is 4.98 Å². The number of nitrogens with one attached hydrogen (secondary N) is 4. The molecule has 1 fully saturated rings. The number of nitriles is 1. The summed E-state index contributed by atoms with van der Waals surface area (Å²) in [4.78, 5) is 18.7. The predicted octanol–water partition coefficient (Wildman–Crippen LogP) is 2.95. The van der Waals surface area contributed by atoms with Crippen molar-refractivity contribution in [3.05, 3.63) is 47.5 Å². The van der Waals surface area contributed by atoms with Crippen molar-refractivity contribution in [2.24, 2.45) is 5.92 Å². The van der Waals surface area contributed by atoms with E-state index in [-0.39, 0.29) is 17.3 Å². The van der Waals surface area contributed by atoms with Crippen molar-refractivity contribution >= 4 is 29.6 Å². The minimum Gasteiger partial charge on any atom is -0.370 e. The van der Waals surface area contributed by atoms with Crippen LogP contribution in [-0.2, 0) is 4.79 Å². The molecule has 2 aromatic rings. The number of carbonyl (C=O) groups excluding carboxylic acids is 1. The molecule has 1 aliphatic heterocycles. The Labute approximate surface area is 191 Å². The standard InChI is InChI=1S/C23H25FN8O/c1-14(33)30-22(27)18-5-4-17(16-3-6-20(24)29-12-16)21(19(18)11-25)32-9-7-15(8-10-32)23(28)31(2)13-26/h3-6,12-13,15,26,28H,7-10H2,1-2H3,(H2,27,30,33). The van der Waals surface area contributed by atoms with Gasteiger partial charge in [0.05, 0.1) is 17.6 Å². The van der Waals surface area contributed by atoms with E-state index in [2.05, 4.69) is 16.4 Å². The predicted molar refractivity (Wildman–Crippen MR) is 124 cm³/mol. The Morgan fingerprint density at radius 1 is 1.30 bits per heavy atom. The largest absolute Gasteiger partial charge is 0.370 e. The van der Waals surface area contributed by atoms with Crippen molar-refractivity contribution in [2.45, 2.75) is 19.8 Å². The van der Waals surface area contributed by atoms with Gasteiger partial charge in [-0.2, -0.15) is 9.65 Å². The molecule has 0 bridgehead atoms. The highest BCUT2D eigenvalue weighted by Crippen LogP contribution is 2.38. The molecule has 0 aliphatic carbocycles. The summed E-state index contributed by atoms with van der Waals surface area (Å²) in [6.07, 6.45) is 3.81. The Morgan fingerprint density at radius 2 is 2.00 bits per heavy atom. The summed E-state index contributed by atoms with van der Waals surface area (Å²) in [5.41, 5.74) is 2.41. The Kier molecular flexibility index (Phi) is 7.13. The lowest BCUT2D eigenvalue weighted by atomic mass is 9.91. The van der Waals surface area contributed by atoms with Gasteiger partial charge in [-0.1, -0.05) is 6.07 Å². The number of anilines is 1. The molecule has 170 valence electrons. The molecule has 1 aromatic carbocycles. The minimum absolute atomic E-state index is 0.0183. The number of amides is 1. The highest BCUT2D eigenvalue weighted by Gasteiger charge is 2.28. The minimum atomic E-state index is -0.612. The lowest BCUT2D eigenvalue weighted by Crippen LogP contribution is -2.41. The van der Waals surface area contributed by atoms with Crippen molar-refractivity contribution in [3.8, 4) is 17.2 Å². The van der Waals surface area contributed by atoms with E-state index in [0.717, 1.165) is 6.34 Å². The van der Waals surface area contributed by atoms with Crippen molar-refractivity contribution in [1.29, 1.82) is 21.5 Å². The van der Waals surface area contributed by atoms with Gasteiger partial charge < -0.3 is 15.1 Å². The van der Waals surface area contributed by atoms with E-state index in [1.54, 1.807) is 25.2 Å². The number of nitrogens with zero attached hydrogens (tertiary/aromatic N) is 4. The number of amidine groups is 2. The highest BCUT2D eigenvalue weighted by molar-refractivity contribution is 6.09. The Morgan fingerprint density at radius 3 is 2.55 bits per heavy atom. The fourth-order valence-corrected chi connectivity index (χ4v) is 3.99. The van der Waals surface area contributed by atoms with Gasteiger partial charge in [-0.15, -0.1) is 0 Å². The number of aromatic nitrogens is 1. The number of pyridine rings is 1. The lowest BCUT2D eigenvalue weighted by molar-refractivity contribution is -0.117. The van der Waals surface area contributed by atoms with E-state index in [4.69, 9.17) is 16.2 Å². The van der Waals surface area contributed by atoms with E-state index in [0.29, 0.717) is 54.1 Å². The molecule has 0 radical (unpaired) electrons. The summed E-state index contributed by atoms with van der Waals surface area (Å²) in [6.45, 7) is 2.39. The molecule has 33 heavy (non-hydrogen) atoms. The van der Waals surface area contributed by atoms with Gasteiger partial charge >= 0.3 is 0 Å². The van der Waals surface area contributed by atoms with Crippen LogP contribution in [-0.4, -0.2) is 53.9 Å². The number of halogens is 1. The Hall–Kier alpha value is -4.13. The highest BCUT2D eigenvalue weighted by atomic mass is 19.1. The summed E-state index contributed by atoms with van der Waals surface area (Å²) in [6, 6.07) is 8.37. The zero-order valence-electron chi connectivity index (χ0n) is 18.4. The van der Waals surface area contributed by atoms with Crippen LogP contribution >= 0.6 is 0 Å². The molecule has 4 N–H and O–H groups in total. The fraction of sp³-hybridized carbons (Fsp3) is 0.304. The quantitative estimate of drug-likeness (QED) is 0.316. The first-order valence-electron chi connectivity index (χ1n) is 10.4. The smallest absolute Gasteiger partial charge is 0.222 e. The number of hydrogen-bond acceptors (Lipinski definition) is 7. The van der Waals surface area contributed by atoms with Crippen LogP contribution in [0.5, 0.6) is 0 Å². The van der Waals surface area contributed by atoms with Crippen LogP contribution in [0.1, 0.15) is 30.9 Å². The van der Waals surface area contributed by atoms with Crippen LogP contribution in [0.25, 0.3) is 11.1 Å². The summed E-state index contributed by atoms with van der Waals surface area (Å²) in [7, 11) is 1.67. The van der Waals surface area contributed by atoms with Gasteiger partial charge in [-0.05, 0) is 31.0 Å². The first kappa shape index (κ1) is 23.5. The second kappa shape index (κ2) is 9.99. The van der Waals surface area contributed by atoms with E-state index in [1.165, 1.54) is 24.1 Å². The monoisotopic (exact) mass is 448 g/mol. The van der Waals surface area contributed by atoms with Crippen LogP contribution < -0.4 is 10.2 Å². The summed E-state index contributed by atoms with van der Waals surface area (Å²) in [5.74, 6) is -0.843. The Balaban J connectivity index is 2.05. The second-order valence-corrected chi connectivity index (χ2v) is 7.81. The molecular formula is C23H25FN8O. The van der Waals surface area contributed by atoms with E-state index in [1.807, 2.05) is 4.90 Å². The normalized spacial score (nSPS) is 13.7. The maximum Gasteiger partial charge on any atom is 0.222 e. The van der Waals surface area contributed by atoms with Crippen LogP contribution in [0.3, 0.4) is 0 Å². The molecule has 9 nitrogen and oxygen atoms in total. The third-order valence-electron chi connectivity index (χ3n) is 5.67. The average Bonchev–Trinajstić information content (AvgIpc) is 2.82. The number of carbonyl (C=O) groups is 1. The molecule has 1 aliphatic rings. The zero-order chi connectivity index (χ0) is 24.1. The molecule has 1 amide bonds. The summed E-state index contributed by atoms with van der Waals surface area (Å²) < 4.78 is 13.4. The molecule has 2 heterocycles. The molecule has 0 atom stereocenters. The van der Waals surface area contributed by atoms with Crippen molar-refractivity contribution < 1.29 is 9.18 Å². The lowest BCUT2D eigenvalue weighted by Gasteiger charge is -2.36. The molecule has 1 saturated heterocycles. The first-order valence-corrected chi connectivity index (χ1v) is 10.4. The zero-order valence-corrected chi connectivity index (χ0v) is 18.4. The van der Waals surface area contributed by atoms with Gasteiger partial charge in [-0.3, -0.25) is 21.0 Å². The van der Waals surface area contributed by atoms with Gasteiger partial charge in [0.25, 0.3) is 0 Å². The van der Waals surface area contributed by atoms with E-state index >= 15 is 0 Å². The van der Waals surface area contributed by atoms with Gasteiger partial charge in [0.2, 0.25) is 11.9 Å². The molecule has 10 heteroatoms. The second-order valence-electron chi connectivity index (χ2n) is 7.81. The number of rotatable bonds is 5. The fourth-order valence-electron chi connectivity index (χ4n) is 3.99. The number of hydrogen-bond donors (Lipinski definition) is 4. The third-order valence-corrected chi connectivity index (χ3v) is 5.67. The van der Waals surface area contributed by atoms with Crippen LogP contribution in [0, 0.1) is 39.4 Å². The van der Waals surface area contributed by atoms with Crippen molar-refractivity contribution in [1.82, 2.24) is 15.2 Å².